The second kappa shape index (κ2) is 18.3. The van der Waals surface area contributed by atoms with Crippen molar-refractivity contribution in [1.82, 2.24) is 25.8 Å². The maximum absolute atomic E-state index is 14.6. The van der Waals surface area contributed by atoms with Crippen molar-refractivity contribution in [3.63, 3.8) is 0 Å². The zero-order valence-electron chi connectivity index (χ0n) is 29.4. The molecule has 3 atom stereocenters. The lowest BCUT2D eigenvalue weighted by Crippen LogP contribution is -2.57. The number of H-pyrrole nitrogens is 1. The third-order valence-corrected chi connectivity index (χ3v) is 10.9. The van der Waals surface area contributed by atoms with E-state index in [0.29, 0.717) is 49.2 Å². The lowest BCUT2D eigenvalue weighted by molar-refractivity contribution is -0.142. The third-order valence-electron chi connectivity index (χ3n) is 9.39. The molecule has 0 unspecified atom stereocenters. The predicted molar refractivity (Wildman–Crippen MR) is 201 cm³/mol. The van der Waals surface area contributed by atoms with E-state index in [9.17, 15) is 27.6 Å². The first-order chi connectivity index (χ1) is 25.4. The Morgan fingerprint density at radius 2 is 1.60 bits per heavy atom. The summed E-state index contributed by atoms with van der Waals surface area (Å²) in [5, 5.41) is 9.75. The van der Waals surface area contributed by atoms with E-state index >= 15 is 0 Å². The van der Waals surface area contributed by atoms with Crippen LogP contribution >= 0.6 is 23.4 Å². The highest BCUT2D eigenvalue weighted by Crippen LogP contribution is 2.44. The van der Waals surface area contributed by atoms with Crippen molar-refractivity contribution >= 4 is 52.0 Å². The van der Waals surface area contributed by atoms with E-state index in [1.54, 1.807) is 30.5 Å². The van der Waals surface area contributed by atoms with E-state index in [2.05, 4.69) is 20.9 Å². The van der Waals surface area contributed by atoms with Gasteiger partial charge in [0.05, 0.1) is 11.6 Å². The van der Waals surface area contributed by atoms with Gasteiger partial charge in [0.2, 0.25) is 17.7 Å². The third kappa shape index (κ3) is 10.1. The average molecular weight is 772 g/mol. The van der Waals surface area contributed by atoms with Crippen LogP contribution in [0.25, 0.3) is 10.9 Å². The van der Waals surface area contributed by atoms with Crippen molar-refractivity contribution in [2.24, 2.45) is 11.5 Å². The topological polar surface area (TPSA) is 158 Å². The van der Waals surface area contributed by atoms with Gasteiger partial charge in [-0.1, -0.05) is 59.8 Å². The van der Waals surface area contributed by atoms with Crippen molar-refractivity contribution in [2.75, 3.05) is 20.1 Å². The molecule has 8 N–H and O–H groups in total. The number of benzene rings is 3. The van der Waals surface area contributed by atoms with Crippen LogP contribution < -0.4 is 27.4 Å². The summed E-state index contributed by atoms with van der Waals surface area (Å²) in [5.74, 6) is -1.50. The summed E-state index contributed by atoms with van der Waals surface area (Å²) in [6.45, 7) is 0.570. The fourth-order valence-electron chi connectivity index (χ4n) is 6.49. The summed E-state index contributed by atoms with van der Waals surface area (Å²) in [6.07, 6.45) is -0.605. The number of hydrogen-bond acceptors (Lipinski definition) is 7. The smallest absolute Gasteiger partial charge is 0.361 e. The Morgan fingerprint density at radius 1 is 0.887 bits per heavy atom. The minimum Gasteiger partial charge on any atom is -0.361 e. The number of hydrogen-bond donors (Lipinski definition) is 6. The molecule has 53 heavy (non-hydrogen) atoms. The quantitative estimate of drug-likeness (QED) is 0.123. The highest BCUT2D eigenvalue weighted by Gasteiger charge is 2.37. The lowest BCUT2D eigenvalue weighted by atomic mass is 10.0. The summed E-state index contributed by atoms with van der Waals surface area (Å²) < 4.78 is 43.8. The Morgan fingerprint density at radius 3 is 2.36 bits per heavy atom. The maximum atomic E-state index is 14.6. The van der Waals surface area contributed by atoms with Crippen molar-refractivity contribution in [2.45, 2.75) is 85.7 Å². The molecule has 0 saturated heterocycles. The summed E-state index contributed by atoms with van der Waals surface area (Å²) in [5.41, 5.74) is 13.1. The van der Waals surface area contributed by atoms with Crippen LogP contribution in [0.3, 0.4) is 0 Å². The van der Waals surface area contributed by atoms with Gasteiger partial charge in [0.25, 0.3) is 0 Å². The predicted octanol–water partition coefficient (Wildman–Crippen LogP) is 5.50. The number of aromatic amines is 1. The second-order valence-corrected chi connectivity index (χ2v) is 14.6. The van der Waals surface area contributed by atoms with Gasteiger partial charge < -0.3 is 37.3 Å². The molecule has 1 aliphatic heterocycles. The largest absolute Gasteiger partial charge is 0.417 e. The normalized spacial score (nSPS) is 19.3. The zero-order chi connectivity index (χ0) is 38.1. The number of fused-ring (bicyclic) bond motifs is 3. The molecule has 3 aromatic carbocycles. The SMILES string of the molecule is CN1C(=O)[C@H](CCCCN)NC(=O)[C@H](CCCN)NCc2ccccc2Sc2c(cc(Cl)cc2C(F)(F)F)CNC(=O)[C@@H]1Cc1c[nH]c2ccccc12. The van der Waals surface area contributed by atoms with Gasteiger partial charge in [-0.15, -0.1) is 0 Å². The van der Waals surface area contributed by atoms with Gasteiger partial charge in [0.1, 0.15) is 12.1 Å². The van der Waals surface area contributed by atoms with Crippen molar-refractivity contribution in [1.29, 1.82) is 0 Å². The first-order valence-electron chi connectivity index (χ1n) is 17.6. The summed E-state index contributed by atoms with van der Waals surface area (Å²) in [4.78, 5) is 47.5. The minimum absolute atomic E-state index is 0.0839. The van der Waals surface area contributed by atoms with Crippen molar-refractivity contribution < 1.29 is 27.6 Å². The second-order valence-electron chi connectivity index (χ2n) is 13.1. The number of nitrogens with zero attached hydrogens (tertiary/aromatic N) is 1. The highest BCUT2D eigenvalue weighted by molar-refractivity contribution is 7.99. The fraction of sp³-hybridized carbons (Fsp3) is 0.395. The molecule has 15 heteroatoms. The average Bonchev–Trinajstić information content (AvgIpc) is 3.55. The number of amides is 3. The number of alkyl halides is 3. The maximum Gasteiger partial charge on any atom is 0.417 e. The molecule has 0 bridgehead atoms. The Hall–Kier alpha value is -4.08. The van der Waals surface area contributed by atoms with Crippen LogP contribution in [0.2, 0.25) is 5.02 Å². The van der Waals surface area contributed by atoms with Gasteiger partial charge >= 0.3 is 6.18 Å². The van der Waals surface area contributed by atoms with Crippen LogP contribution in [0.15, 0.2) is 76.7 Å². The van der Waals surface area contributed by atoms with Gasteiger partial charge in [-0.05, 0) is 86.1 Å². The first-order valence-corrected chi connectivity index (χ1v) is 18.8. The summed E-state index contributed by atoms with van der Waals surface area (Å²) in [7, 11) is 1.50. The lowest BCUT2D eigenvalue weighted by Gasteiger charge is -2.32. The molecule has 4 aromatic rings. The van der Waals surface area contributed by atoms with E-state index in [-0.39, 0.29) is 41.4 Å². The van der Waals surface area contributed by atoms with Crippen LogP contribution in [0.4, 0.5) is 13.2 Å². The van der Waals surface area contributed by atoms with Crippen LogP contribution in [0.5, 0.6) is 0 Å². The molecule has 0 aliphatic carbocycles. The molecular formula is C38H45ClF3N7O3S. The van der Waals surface area contributed by atoms with E-state index in [1.165, 1.54) is 18.0 Å². The van der Waals surface area contributed by atoms with Crippen molar-refractivity contribution in [3.05, 3.63) is 94.1 Å². The monoisotopic (exact) mass is 771 g/mol. The number of carbonyl (C=O) groups is 3. The van der Waals surface area contributed by atoms with Gasteiger partial charge in [0, 0.05) is 58.5 Å². The number of halogens is 4. The van der Waals surface area contributed by atoms with Crippen LogP contribution in [-0.2, 0) is 40.1 Å². The number of rotatable bonds is 9. The molecule has 3 amide bonds. The highest BCUT2D eigenvalue weighted by atomic mass is 35.5. The van der Waals surface area contributed by atoms with Gasteiger partial charge in [-0.2, -0.15) is 13.2 Å². The number of carbonyl (C=O) groups excluding carboxylic acids is 3. The van der Waals surface area contributed by atoms with E-state index in [4.69, 9.17) is 23.1 Å². The van der Waals surface area contributed by atoms with Gasteiger partial charge in [-0.3, -0.25) is 14.4 Å². The molecule has 0 saturated carbocycles. The standard InChI is InChI=1S/C38H45ClF3N7O3S/c1-49-32(18-24-21-45-29-11-4-3-10-27(24)29)36(51)47-22-25-17-26(39)19-28(38(40,41)42)34(25)53-33-14-5-2-9-23(33)20-46-30(13-8-16-44)35(50)48-31(37(49)52)12-6-7-15-43/h2-5,9-11,14,17,19,21,30-32,45-46H,6-8,12-13,15-16,18,20,22,43-44H2,1H3,(H,47,51)(H,48,50)/t30-,31-,32-/m0/s1. The number of nitrogens with two attached hydrogens (primary N) is 2. The minimum atomic E-state index is -4.76. The van der Waals surface area contributed by atoms with Gasteiger partial charge in [0.15, 0.2) is 0 Å². The van der Waals surface area contributed by atoms with E-state index in [0.717, 1.165) is 34.3 Å². The van der Waals surface area contributed by atoms with Crippen molar-refractivity contribution in [3.8, 4) is 0 Å². The number of likely N-dealkylation sites (N-methyl/N-ethyl adjacent to an activating group) is 1. The fourth-order valence-corrected chi connectivity index (χ4v) is 7.91. The van der Waals surface area contributed by atoms with Crippen LogP contribution in [0.1, 0.15) is 54.4 Å². The molecule has 0 fully saturated rings. The number of nitrogens with one attached hydrogen (secondary N) is 4. The Labute approximate surface area is 315 Å². The number of para-hydroxylation sites is 1. The molecule has 284 valence electrons. The van der Waals surface area contributed by atoms with Gasteiger partial charge in [-0.25, -0.2) is 0 Å². The number of unbranched alkanes of at least 4 members (excludes halogenated alkanes) is 1. The molecule has 1 aromatic heterocycles. The van der Waals surface area contributed by atoms with E-state index in [1.807, 2.05) is 24.3 Å². The molecule has 5 rings (SSSR count). The van der Waals surface area contributed by atoms with Crippen LogP contribution in [-0.4, -0.2) is 65.9 Å². The first kappa shape index (κ1) is 40.1. The molecule has 0 radical (unpaired) electrons. The zero-order valence-corrected chi connectivity index (χ0v) is 31.0. The molecule has 10 nitrogen and oxygen atoms in total. The van der Waals surface area contributed by atoms with Crippen LogP contribution in [0, 0.1) is 0 Å². The summed E-state index contributed by atoms with van der Waals surface area (Å²) >= 11 is 7.19. The Balaban J connectivity index is 1.62. The summed E-state index contributed by atoms with van der Waals surface area (Å²) in [6, 6.07) is 13.9. The number of aromatic nitrogens is 1. The molecule has 1 aliphatic rings. The molecular weight excluding hydrogens is 727 g/mol. The Kier molecular flexibility index (Phi) is 13.9. The Bertz CT molecular complexity index is 1910. The molecule has 0 spiro atoms. The van der Waals surface area contributed by atoms with E-state index < -0.39 is 47.6 Å². The molecule has 2 heterocycles.